The highest BCUT2D eigenvalue weighted by molar-refractivity contribution is 4.73. The summed E-state index contributed by atoms with van der Waals surface area (Å²) in [6.45, 7) is 1.78. The maximum absolute atomic E-state index is 13.0. The van der Waals surface area contributed by atoms with Gasteiger partial charge in [0, 0.05) is 19.1 Å². The summed E-state index contributed by atoms with van der Waals surface area (Å²) in [6, 6.07) is 0. The summed E-state index contributed by atoms with van der Waals surface area (Å²) in [4.78, 5) is 0. The first kappa shape index (κ1) is 7.95. The monoisotopic (exact) mass is 147 g/mol. The molecule has 0 unspecified atom stereocenters. The molecule has 0 radical (unpaired) electrons. The lowest BCUT2D eigenvalue weighted by Gasteiger charge is -2.12. The van der Waals surface area contributed by atoms with Crippen LogP contribution in [0.3, 0.4) is 0 Å². The van der Waals surface area contributed by atoms with Gasteiger partial charge >= 0.3 is 0 Å². The van der Waals surface area contributed by atoms with E-state index in [4.69, 9.17) is 4.74 Å². The summed E-state index contributed by atoms with van der Waals surface area (Å²) < 4.78 is 18.0. The predicted molar refractivity (Wildman–Crippen MR) is 37.7 cm³/mol. The van der Waals surface area contributed by atoms with Gasteiger partial charge < -0.3 is 10.1 Å². The molecule has 0 aromatic rings. The molecule has 1 fully saturated rings. The van der Waals surface area contributed by atoms with Crippen LogP contribution >= 0.6 is 0 Å². The van der Waals surface area contributed by atoms with Crippen LogP contribution in [0.2, 0.25) is 0 Å². The van der Waals surface area contributed by atoms with E-state index in [1.165, 1.54) is 0 Å². The molecule has 0 bridgehead atoms. The molecule has 1 saturated heterocycles. The molecule has 1 aliphatic rings. The van der Waals surface area contributed by atoms with Crippen molar-refractivity contribution >= 4 is 0 Å². The SMILES string of the molecule is CNC[C@@H](F)[C@@H]1CCOC1. The van der Waals surface area contributed by atoms with Crippen molar-refractivity contribution in [3.8, 4) is 0 Å². The lowest BCUT2D eigenvalue weighted by Crippen LogP contribution is -2.27. The minimum absolute atomic E-state index is 0.132. The minimum atomic E-state index is -0.729. The molecular formula is C7H14FNO. The predicted octanol–water partition coefficient (Wildman–Crippen LogP) is 0.580. The summed E-state index contributed by atoms with van der Waals surface area (Å²) in [5.41, 5.74) is 0. The number of ether oxygens (including phenoxy) is 1. The van der Waals surface area contributed by atoms with E-state index in [1.54, 1.807) is 7.05 Å². The fraction of sp³-hybridized carbons (Fsp3) is 1.00. The molecule has 60 valence electrons. The van der Waals surface area contributed by atoms with Gasteiger partial charge in [0.15, 0.2) is 0 Å². The standard InChI is InChI=1S/C7H14FNO/c1-9-4-7(8)6-2-3-10-5-6/h6-7,9H,2-5H2,1H3/t6-,7-/m1/s1. The molecule has 0 aliphatic carbocycles. The van der Waals surface area contributed by atoms with Gasteiger partial charge in [0.1, 0.15) is 6.17 Å². The Balaban J connectivity index is 2.18. The Labute approximate surface area is 60.8 Å². The minimum Gasteiger partial charge on any atom is -0.381 e. The zero-order valence-electron chi connectivity index (χ0n) is 6.27. The van der Waals surface area contributed by atoms with E-state index in [9.17, 15) is 4.39 Å². The number of halogens is 1. The van der Waals surface area contributed by atoms with E-state index >= 15 is 0 Å². The van der Waals surface area contributed by atoms with Crippen molar-refractivity contribution in [3.05, 3.63) is 0 Å². The van der Waals surface area contributed by atoms with Crippen LogP contribution in [0.1, 0.15) is 6.42 Å². The first-order valence-electron chi connectivity index (χ1n) is 3.71. The van der Waals surface area contributed by atoms with E-state index in [1.807, 2.05) is 0 Å². The number of rotatable bonds is 3. The van der Waals surface area contributed by atoms with E-state index in [0.29, 0.717) is 13.2 Å². The molecule has 1 N–H and O–H groups in total. The average Bonchev–Trinajstić information content (AvgIpc) is 2.38. The van der Waals surface area contributed by atoms with Crippen molar-refractivity contribution < 1.29 is 9.13 Å². The van der Waals surface area contributed by atoms with Crippen LogP contribution in [0.4, 0.5) is 4.39 Å². The second-order valence-corrected chi connectivity index (χ2v) is 2.70. The topological polar surface area (TPSA) is 21.3 Å². The van der Waals surface area contributed by atoms with Crippen LogP contribution in [0, 0.1) is 5.92 Å². The molecule has 0 amide bonds. The molecule has 0 aromatic heterocycles. The van der Waals surface area contributed by atoms with E-state index in [2.05, 4.69) is 5.32 Å². The van der Waals surface area contributed by atoms with Crippen LogP contribution in [-0.4, -0.2) is 33.0 Å². The summed E-state index contributed by atoms with van der Waals surface area (Å²) >= 11 is 0. The molecule has 10 heavy (non-hydrogen) atoms. The zero-order chi connectivity index (χ0) is 7.40. The second-order valence-electron chi connectivity index (χ2n) is 2.70. The van der Waals surface area contributed by atoms with E-state index in [-0.39, 0.29) is 5.92 Å². The first-order valence-corrected chi connectivity index (χ1v) is 3.71. The number of alkyl halides is 1. The Morgan fingerprint density at radius 3 is 3.10 bits per heavy atom. The van der Waals surface area contributed by atoms with Crippen molar-refractivity contribution in [3.63, 3.8) is 0 Å². The highest BCUT2D eigenvalue weighted by atomic mass is 19.1. The number of hydrogen-bond donors (Lipinski definition) is 1. The van der Waals surface area contributed by atoms with Gasteiger partial charge in [-0.25, -0.2) is 4.39 Å². The average molecular weight is 147 g/mol. The van der Waals surface area contributed by atoms with Crippen molar-refractivity contribution in [1.29, 1.82) is 0 Å². The molecule has 2 atom stereocenters. The molecule has 0 saturated carbocycles. The van der Waals surface area contributed by atoms with Crippen molar-refractivity contribution in [2.75, 3.05) is 26.8 Å². The lowest BCUT2D eigenvalue weighted by molar-refractivity contribution is 0.154. The third-order valence-electron chi connectivity index (χ3n) is 1.88. The van der Waals surface area contributed by atoms with Gasteiger partial charge in [0.05, 0.1) is 6.61 Å². The summed E-state index contributed by atoms with van der Waals surface area (Å²) in [5.74, 6) is 0.132. The third-order valence-corrected chi connectivity index (χ3v) is 1.88. The van der Waals surface area contributed by atoms with Crippen molar-refractivity contribution in [2.45, 2.75) is 12.6 Å². The number of nitrogens with one attached hydrogen (secondary N) is 1. The normalized spacial score (nSPS) is 28.8. The Kier molecular flexibility index (Phi) is 3.09. The maximum Gasteiger partial charge on any atom is 0.118 e. The molecule has 1 aliphatic heterocycles. The molecule has 0 aromatic carbocycles. The molecule has 2 nitrogen and oxygen atoms in total. The molecule has 3 heteroatoms. The van der Waals surface area contributed by atoms with Gasteiger partial charge in [-0.15, -0.1) is 0 Å². The highest BCUT2D eigenvalue weighted by Gasteiger charge is 2.24. The van der Waals surface area contributed by atoms with Crippen LogP contribution in [0.5, 0.6) is 0 Å². The summed E-state index contributed by atoms with van der Waals surface area (Å²) in [5, 5.41) is 2.81. The van der Waals surface area contributed by atoms with Gasteiger partial charge in [-0.2, -0.15) is 0 Å². The first-order chi connectivity index (χ1) is 4.84. The zero-order valence-corrected chi connectivity index (χ0v) is 6.27. The highest BCUT2D eigenvalue weighted by Crippen LogP contribution is 2.18. The van der Waals surface area contributed by atoms with Gasteiger partial charge in [-0.1, -0.05) is 0 Å². The molecular weight excluding hydrogens is 133 g/mol. The smallest absolute Gasteiger partial charge is 0.118 e. The van der Waals surface area contributed by atoms with Crippen molar-refractivity contribution in [1.82, 2.24) is 5.32 Å². The maximum atomic E-state index is 13.0. The molecule has 1 heterocycles. The van der Waals surface area contributed by atoms with Crippen LogP contribution in [-0.2, 0) is 4.74 Å². The number of hydrogen-bond acceptors (Lipinski definition) is 2. The van der Waals surface area contributed by atoms with Gasteiger partial charge in [-0.05, 0) is 13.5 Å². The lowest BCUT2D eigenvalue weighted by atomic mass is 10.0. The fourth-order valence-electron chi connectivity index (χ4n) is 1.20. The Morgan fingerprint density at radius 1 is 1.80 bits per heavy atom. The van der Waals surface area contributed by atoms with Gasteiger partial charge in [0.25, 0.3) is 0 Å². The van der Waals surface area contributed by atoms with E-state index in [0.717, 1.165) is 13.0 Å². The van der Waals surface area contributed by atoms with Gasteiger partial charge in [0.2, 0.25) is 0 Å². The third kappa shape index (κ3) is 1.92. The molecule has 0 spiro atoms. The quantitative estimate of drug-likeness (QED) is 0.630. The molecule has 1 rings (SSSR count). The Morgan fingerprint density at radius 2 is 2.60 bits per heavy atom. The summed E-state index contributed by atoms with van der Waals surface area (Å²) in [7, 11) is 1.77. The van der Waals surface area contributed by atoms with Crippen LogP contribution in [0.15, 0.2) is 0 Å². The Bertz CT molecular complexity index is 93.6. The van der Waals surface area contributed by atoms with E-state index < -0.39 is 6.17 Å². The van der Waals surface area contributed by atoms with Gasteiger partial charge in [-0.3, -0.25) is 0 Å². The Hall–Kier alpha value is -0.150. The van der Waals surface area contributed by atoms with Crippen LogP contribution < -0.4 is 5.32 Å². The fourth-order valence-corrected chi connectivity index (χ4v) is 1.20. The largest absolute Gasteiger partial charge is 0.381 e. The second kappa shape index (κ2) is 3.88. The van der Waals surface area contributed by atoms with Crippen molar-refractivity contribution in [2.24, 2.45) is 5.92 Å². The summed E-state index contributed by atoms with van der Waals surface area (Å²) in [6.07, 6.45) is 0.149. The van der Waals surface area contributed by atoms with Crippen LogP contribution in [0.25, 0.3) is 0 Å².